The summed E-state index contributed by atoms with van der Waals surface area (Å²) in [7, 11) is 0. The summed E-state index contributed by atoms with van der Waals surface area (Å²) in [6, 6.07) is 22.9. The van der Waals surface area contributed by atoms with Gasteiger partial charge in [-0.1, -0.05) is 74.5 Å². The summed E-state index contributed by atoms with van der Waals surface area (Å²) in [5.41, 5.74) is 3.56. The molecule has 0 saturated heterocycles. The number of hydrogen-bond donors (Lipinski definition) is 1. The van der Waals surface area contributed by atoms with Crippen LogP contribution in [0.4, 0.5) is 0 Å². The maximum absolute atomic E-state index is 8.99. The minimum absolute atomic E-state index is 0.0966. The summed E-state index contributed by atoms with van der Waals surface area (Å²) in [6.07, 6.45) is 1.73. The van der Waals surface area contributed by atoms with Crippen LogP contribution in [-0.2, 0) is 6.54 Å². The SMILES string of the molecule is CC(C)Cn1cnc2c(c1=N)C(c1ccccc1)c1c(ccc3ccccc13)O2. The van der Waals surface area contributed by atoms with E-state index in [0.29, 0.717) is 17.3 Å². The molecule has 3 aromatic carbocycles. The maximum Gasteiger partial charge on any atom is 0.228 e. The van der Waals surface area contributed by atoms with Crippen molar-refractivity contribution in [1.82, 2.24) is 9.55 Å². The largest absolute Gasteiger partial charge is 0.438 e. The lowest BCUT2D eigenvalue weighted by atomic mass is 9.81. The predicted molar refractivity (Wildman–Crippen MR) is 114 cm³/mol. The van der Waals surface area contributed by atoms with Crippen molar-refractivity contribution in [2.24, 2.45) is 5.92 Å². The zero-order valence-corrected chi connectivity index (χ0v) is 16.6. The van der Waals surface area contributed by atoms with Gasteiger partial charge in [0, 0.05) is 18.0 Å². The molecule has 2 heterocycles. The molecule has 1 atom stereocenters. The molecule has 4 heteroatoms. The van der Waals surface area contributed by atoms with Crippen LogP contribution in [0.25, 0.3) is 10.8 Å². The Morgan fingerprint density at radius 1 is 0.966 bits per heavy atom. The second-order valence-electron chi connectivity index (χ2n) is 8.00. The lowest BCUT2D eigenvalue weighted by Crippen LogP contribution is -2.31. The lowest BCUT2D eigenvalue weighted by molar-refractivity contribution is 0.415. The van der Waals surface area contributed by atoms with Crippen LogP contribution in [0.5, 0.6) is 11.6 Å². The standard InChI is InChI=1S/C25H23N3O/c1-16(2)14-28-15-27-25-23(24(28)26)21(18-9-4-3-5-10-18)22-19-11-7-6-8-17(19)12-13-20(22)29-25/h3-13,15-16,21,26H,14H2,1-2H3. The molecular weight excluding hydrogens is 358 g/mol. The van der Waals surface area contributed by atoms with Crippen molar-refractivity contribution in [3.8, 4) is 11.6 Å². The first-order valence-electron chi connectivity index (χ1n) is 10.0. The van der Waals surface area contributed by atoms with Gasteiger partial charge in [0.25, 0.3) is 0 Å². The van der Waals surface area contributed by atoms with Gasteiger partial charge in [0.05, 0.1) is 5.56 Å². The van der Waals surface area contributed by atoms with Gasteiger partial charge in [-0.25, -0.2) is 4.98 Å². The summed E-state index contributed by atoms with van der Waals surface area (Å²) >= 11 is 0. The third kappa shape index (κ3) is 2.92. The van der Waals surface area contributed by atoms with E-state index < -0.39 is 0 Å². The normalized spacial score (nSPS) is 15.1. The molecule has 1 aromatic heterocycles. The number of hydrogen-bond acceptors (Lipinski definition) is 3. The lowest BCUT2D eigenvalue weighted by Gasteiger charge is -2.30. The van der Waals surface area contributed by atoms with Crippen molar-refractivity contribution in [3.63, 3.8) is 0 Å². The monoisotopic (exact) mass is 381 g/mol. The number of nitrogens with one attached hydrogen (secondary N) is 1. The number of aromatic nitrogens is 2. The average Bonchev–Trinajstić information content (AvgIpc) is 2.74. The van der Waals surface area contributed by atoms with Crippen molar-refractivity contribution < 1.29 is 4.74 Å². The van der Waals surface area contributed by atoms with Gasteiger partial charge in [0.1, 0.15) is 17.6 Å². The van der Waals surface area contributed by atoms with Crippen LogP contribution in [0.3, 0.4) is 0 Å². The highest BCUT2D eigenvalue weighted by molar-refractivity contribution is 5.90. The van der Waals surface area contributed by atoms with E-state index in [9.17, 15) is 0 Å². The predicted octanol–water partition coefficient (Wildman–Crippen LogP) is 5.46. The van der Waals surface area contributed by atoms with Gasteiger partial charge < -0.3 is 9.30 Å². The first kappa shape index (κ1) is 17.7. The van der Waals surface area contributed by atoms with Gasteiger partial charge in [-0.2, -0.15) is 0 Å². The first-order chi connectivity index (χ1) is 14.1. The first-order valence-corrected chi connectivity index (χ1v) is 10.0. The van der Waals surface area contributed by atoms with Crippen molar-refractivity contribution in [2.75, 3.05) is 0 Å². The van der Waals surface area contributed by atoms with Crippen LogP contribution in [0.1, 0.15) is 36.5 Å². The highest BCUT2D eigenvalue weighted by atomic mass is 16.5. The zero-order valence-electron chi connectivity index (χ0n) is 16.6. The molecule has 1 aliphatic rings. The number of nitrogens with zero attached hydrogens (tertiary/aromatic N) is 2. The Morgan fingerprint density at radius 2 is 1.72 bits per heavy atom. The molecule has 5 rings (SSSR count). The van der Waals surface area contributed by atoms with Crippen molar-refractivity contribution in [2.45, 2.75) is 26.3 Å². The molecule has 0 fully saturated rings. The molecule has 144 valence electrons. The summed E-state index contributed by atoms with van der Waals surface area (Å²) < 4.78 is 8.16. The molecule has 1 unspecified atom stereocenters. The smallest absolute Gasteiger partial charge is 0.228 e. The number of rotatable bonds is 3. The molecule has 0 saturated carbocycles. The highest BCUT2D eigenvalue weighted by Gasteiger charge is 2.33. The van der Waals surface area contributed by atoms with Gasteiger partial charge in [-0.05, 0) is 28.3 Å². The van der Waals surface area contributed by atoms with E-state index in [0.717, 1.165) is 34.4 Å². The molecule has 0 aliphatic carbocycles. The van der Waals surface area contributed by atoms with E-state index >= 15 is 0 Å². The zero-order chi connectivity index (χ0) is 20.0. The fraction of sp³-hybridized carbons (Fsp3) is 0.200. The summed E-state index contributed by atoms with van der Waals surface area (Å²) in [4.78, 5) is 4.61. The topological polar surface area (TPSA) is 50.9 Å². The fourth-order valence-corrected chi connectivity index (χ4v) is 4.27. The molecule has 29 heavy (non-hydrogen) atoms. The molecular formula is C25H23N3O. The summed E-state index contributed by atoms with van der Waals surface area (Å²) in [5, 5.41) is 11.3. The Bertz CT molecular complexity index is 1260. The molecule has 1 N–H and O–H groups in total. The number of fused-ring (bicyclic) bond motifs is 4. The van der Waals surface area contributed by atoms with E-state index in [-0.39, 0.29) is 5.92 Å². The average molecular weight is 381 g/mol. The Balaban J connectivity index is 1.84. The van der Waals surface area contributed by atoms with Crippen molar-refractivity contribution >= 4 is 10.8 Å². The number of benzene rings is 3. The van der Waals surface area contributed by atoms with Crippen molar-refractivity contribution in [3.05, 3.63) is 95.2 Å². The Labute approximate surface area is 169 Å². The van der Waals surface area contributed by atoms with E-state index in [4.69, 9.17) is 10.1 Å². The van der Waals surface area contributed by atoms with Crippen LogP contribution in [0.15, 0.2) is 73.1 Å². The third-order valence-corrected chi connectivity index (χ3v) is 5.50. The third-order valence-electron chi connectivity index (χ3n) is 5.50. The van der Waals surface area contributed by atoms with Crippen LogP contribution in [-0.4, -0.2) is 9.55 Å². The fourth-order valence-electron chi connectivity index (χ4n) is 4.27. The second kappa shape index (κ2) is 6.89. The van der Waals surface area contributed by atoms with Gasteiger partial charge in [0.15, 0.2) is 0 Å². The second-order valence-corrected chi connectivity index (χ2v) is 8.00. The van der Waals surface area contributed by atoms with Crippen LogP contribution >= 0.6 is 0 Å². The van der Waals surface area contributed by atoms with Gasteiger partial charge in [-0.15, -0.1) is 0 Å². The minimum atomic E-state index is -0.0966. The Kier molecular flexibility index (Phi) is 4.20. The summed E-state index contributed by atoms with van der Waals surface area (Å²) in [5.74, 6) is 1.68. The van der Waals surface area contributed by atoms with E-state index in [1.165, 1.54) is 5.39 Å². The molecule has 0 bridgehead atoms. The molecule has 0 radical (unpaired) electrons. The van der Waals surface area contributed by atoms with Crippen LogP contribution in [0, 0.1) is 11.3 Å². The van der Waals surface area contributed by atoms with E-state index in [2.05, 4.69) is 73.4 Å². The maximum atomic E-state index is 8.99. The van der Waals surface area contributed by atoms with Crippen LogP contribution in [0.2, 0.25) is 0 Å². The molecule has 0 spiro atoms. The highest BCUT2D eigenvalue weighted by Crippen LogP contribution is 2.47. The Morgan fingerprint density at radius 3 is 2.52 bits per heavy atom. The molecule has 4 aromatic rings. The molecule has 1 aliphatic heterocycles. The number of ether oxygens (including phenoxy) is 1. The minimum Gasteiger partial charge on any atom is -0.438 e. The quantitative estimate of drug-likeness (QED) is 0.451. The van der Waals surface area contributed by atoms with E-state index in [1.807, 2.05) is 16.7 Å². The van der Waals surface area contributed by atoms with E-state index in [1.54, 1.807) is 6.33 Å². The molecule has 0 amide bonds. The van der Waals surface area contributed by atoms with Gasteiger partial charge >= 0.3 is 0 Å². The molecule has 4 nitrogen and oxygen atoms in total. The summed E-state index contributed by atoms with van der Waals surface area (Å²) in [6.45, 7) is 5.06. The van der Waals surface area contributed by atoms with Crippen LogP contribution < -0.4 is 10.2 Å². The van der Waals surface area contributed by atoms with Gasteiger partial charge in [-0.3, -0.25) is 5.41 Å². The van der Waals surface area contributed by atoms with Crippen molar-refractivity contribution in [1.29, 1.82) is 5.41 Å². The Hall–Kier alpha value is -3.40. The van der Waals surface area contributed by atoms with Gasteiger partial charge in [0.2, 0.25) is 5.88 Å².